The van der Waals surface area contributed by atoms with Crippen molar-refractivity contribution >= 4 is 28.9 Å². The number of nitrogens with one attached hydrogen (secondary N) is 1. The summed E-state index contributed by atoms with van der Waals surface area (Å²) in [6.07, 6.45) is 0.0361. The number of ether oxygens (including phenoxy) is 3. The molecule has 0 spiro atoms. The molecule has 1 atom stereocenters. The molecule has 1 aromatic heterocycles. The van der Waals surface area contributed by atoms with Crippen molar-refractivity contribution < 1.29 is 28.6 Å². The molecule has 0 bridgehead atoms. The van der Waals surface area contributed by atoms with Gasteiger partial charge >= 0.3 is 11.9 Å². The first kappa shape index (κ1) is 27.3. The SMILES string of the molecule is CCOC(=O)CCC(NC(=O)c1ccc(Oc2nc3ccccc3nc2-c2ccccc2)cc1)C(=O)OCC. The van der Waals surface area contributed by atoms with Gasteiger partial charge in [-0.15, -0.1) is 0 Å². The molecule has 1 N–H and O–H groups in total. The lowest BCUT2D eigenvalue weighted by Gasteiger charge is -2.17. The summed E-state index contributed by atoms with van der Waals surface area (Å²) in [6, 6.07) is 22.6. The minimum atomic E-state index is -0.987. The normalized spacial score (nSPS) is 11.4. The molecule has 9 heteroatoms. The third kappa shape index (κ3) is 7.16. The average molecular weight is 528 g/mol. The van der Waals surface area contributed by atoms with Crippen LogP contribution in [0.3, 0.4) is 0 Å². The number of carbonyl (C=O) groups excluding carboxylic acids is 3. The molecule has 4 rings (SSSR count). The van der Waals surface area contributed by atoms with Crippen molar-refractivity contribution in [2.45, 2.75) is 32.7 Å². The number of aromatic nitrogens is 2. The Balaban J connectivity index is 1.51. The number of carbonyl (C=O) groups is 3. The van der Waals surface area contributed by atoms with Gasteiger partial charge in [-0.2, -0.15) is 0 Å². The summed E-state index contributed by atoms with van der Waals surface area (Å²) < 4.78 is 16.1. The number of rotatable bonds is 11. The van der Waals surface area contributed by atoms with Crippen molar-refractivity contribution in [2.24, 2.45) is 0 Å². The van der Waals surface area contributed by atoms with Gasteiger partial charge in [0.05, 0.1) is 24.2 Å². The lowest BCUT2D eigenvalue weighted by Crippen LogP contribution is -2.42. The van der Waals surface area contributed by atoms with Crippen LogP contribution in [0.25, 0.3) is 22.3 Å². The van der Waals surface area contributed by atoms with Crippen LogP contribution in [0.4, 0.5) is 0 Å². The van der Waals surface area contributed by atoms with Crippen LogP contribution in [0.5, 0.6) is 11.6 Å². The van der Waals surface area contributed by atoms with Crippen LogP contribution in [-0.2, 0) is 19.1 Å². The second-order valence-corrected chi connectivity index (χ2v) is 8.48. The van der Waals surface area contributed by atoms with E-state index in [1.165, 1.54) is 0 Å². The maximum absolute atomic E-state index is 12.9. The lowest BCUT2D eigenvalue weighted by atomic mass is 10.1. The molecule has 9 nitrogen and oxygen atoms in total. The van der Waals surface area contributed by atoms with Crippen LogP contribution in [0.1, 0.15) is 37.0 Å². The zero-order valence-corrected chi connectivity index (χ0v) is 21.8. The van der Waals surface area contributed by atoms with Gasteiger partial charge in [0.2, 0.25) is 5.88 Å². The number of para-hydroxylation sites is 2. The van der Waals surface area contributed by atoms with Gasteiger partial charge in [-0.1, -0.05) is 42.5 Å². The molecule has 0 saturated carbocycles. The highest BCUT2D eigenvalue weighted by Gasteiger charge is 2.24. The summed E-state index contributed by atoms with van der Waals surface area (Å²) >= 11 is 0. The van der Waals surface area contributed by atoms with Crippen LogP contribution in [0.15, 0.2) is 78.9 Å². The van der Waals surface area contributed by atoms with E-state index in [4.69, 9.17) is 19.2 Å². The fourth-order valence-electron chi connectivity index (χ4n) is 3.85. The van der Waals surface area contributed by atoms with Gasteiger partial charge < -0.3 is 19.5 Å². The van der Waals surface area contributed by atoms with Crippen LogP contribution in [0.2, 0.25) is 0 Å². The maximum atomic E-state index is 12.9. The number of nitrogens with zero attached hydrogens (tertiary/aromatic N) is 2. The fraction of sp³-hybridized carbons (Fsp3) is 0.233. The molecule has 0 aliphatic rings. The third-order valence-corrected chi connectivity index (χ3v) is 5.74. The Hall–Kier alpha value is -4.79. The molecule has 39 heavy (non-hydrogen) atoms. The Morgan fingerprint density at radius 2 is 1.44 bits per heavy atom. The van der Waals surface area contributed by atoms with E-state index in [0.29, 0.717) is 28.4 Å². The summed E-state index contributed by atoms with van der Waals surface area (Å²) in [4.78, 5) is 46.4. The molecule has 0 aliphatic heterocycles. The lowest BCUT2D eigenvalue weighted by molar-refractivity contribution is -0.146. The van der Waals surface area contributed by atoms with Gasteiger partial charge in [-0.25, -0.2) is 14.8 Å². The predicted molar refractivity (Wildman–Crippen MR) is 145 cm³/mol. The topological polar surface area (TPSA) is 117 Å². The van der Waals surface area contributed by atoms with E-state index in [0.717, 1.165) is 11.1 Å². The van der Waals surface area contributed by atoms with Gasteiger partial charge in [0, 0.05) is 17.5 Å². The zero-order chi connectivity index (χ0) is 27.6. The van der Waals surface area contributed by atoms with E-state index < -0.39 is 23.9 Å². The average Bonchev–Trinajstić information content (AvgIpc) is 2.96. The molecule has 0 radical (unpaired) electrons. The number of hydrogen-bond acceptors (Lipinski definition) is 8. The molecule has 200 valence electrons. The van der Waals surface area contributed by atoms with Crippen molar-refractivity contribution in [1.82, 2.24) is 15.3 Å². The van der Waals surface area contributed by atoms with E-state index in [9.17, 15) is 14.4 Å². The number of esters is 2. The minimum absolute atomic E-state index is 0.0269. The number of fused-ring (bicyclic) bond motifs is 1. The van der Waals surface area contributed by atoms with Gasteiger partial charge in [0.25, 0.3) is 5.91 Å². The second-order valence-electron chi connectivity index (χ2n) is 8.48. The molecule has 1 unspecified atom stereocenters. The van der Waals surface area contributed by atoms with E-state index in [2.05, 4.69) is 10.3 Å². The minimum Gasteiger partial charge on any atom is -0.466 e. The van der Waals surface area contributed by atoms with Crippen molar-refractivity contribution in [3.63, 3.8) is 0 Å². The highest BCUT2D eigenvalue weighted by atomic mass is 16.5. The van der Waals surface area contributed by atoms with Crippen molar-refractivity contribution in [3.8, 4) is 22.9 Å². The van der Waals surface area contributed by atoms with Crippen molar-refractivity contribution in [1.29, 1.82) is 0 Å². The number of hydrogen-bond donors (Lipinski definition) is 1. The quantitative estimate of drug-likeness (QED) is 0.268. The first-order valence-corrected chi connectivity index (χ1v) is 12.7. The van der Waals surface area contributed by atoms with Crippen molar-refractivity contribution in [3.05, 3.63) is 84.4 Å². The molecule has 1 amide bonds. The molecule has 4 aromatic rings. The Labute approximate surface area is 226 Å². The van der Waals surface area contributed by atoms with E-state index in [-0.39, 0.29) is 26.1 Å². The van der Waals surface area contributed by atoms with Gasteiger partial charge in [0.15, 0.2) is 0 Å². The molecule has 1 heterocycles. The standard InChI is InChI=1S/C30H29N3O6/c1-3-37-26(34)19-18-25(30(36)38-4-2)32-28(35)21-14-16-22(17-15-21)39-29-27(20-10-6-5-7-11-20)31-23-12-8-9-13-24(23)33-29/h5-17,25H,3-4,18-19H2,1-2H3,(H,32,35). The summed E-state index contributed by atoms with van der Waals surface area (Å²) in [7, 11) is 0. The van der Waals surface area contributed by atoms with Crippen LogP contribution in [0, 0.1) is 0 Å². The summed E-state index contributed by atoms with van der Waals surface area (Å²) in [6.45, 7) is 3.76. The van der Waals surface area contributed by atoms with Crippen LogP contribution < -0.4 is 10.1 Å². The third-order valence-electron chi connectivity index (χ3n) is 5.74. The van der Waals surface area contributed by atoms with Crippen LogP contribution >= 0.6 is 0 Å². The summed E-state index contributed by atoms with van der Waals surface area (Å²) in [5.74, 6) is -0.762. The monoisotopic (exact) mass is 527 g/mol. The highest BCUT2D eigenvalue weighted by Crippen LogP contribution is 2.32. The largest absolute Gasteiger partial charge is 0.466 e. The Bertz CT molecular complexity index is 1440. The smallest absolute Gasteiger partial charge is 0.328 e. The van der Waals surface area contributed by atoms with Gasteiger partial charge in [0.1, 0.15) is 17.5 Å². The molecular formula is C30H29N3O6. The molecule has 0 aliphatic carbocycles. The van der Waals surface area contributed by atoms with Crippen molar-refractivity contribution in [2.75, 3.05) is 13.2 Å². The van der Waals surface area contributed by atoms with Gasteiger partial charge in [-0.3, -0.25) is 9.59 Å². The maximum Gasteiger partial charge on any atom is 0.328 e. The molecule has 0 fully saturated rings. The van der Waals surface area contributed by atoms with Gasteiger partial charge in [-0.05, 0) is 56.7 Å². The summed E-state index contributed by atoms with van der Waals surface area (Å²) in [5, 5.41) is 2.65. The highest BCUT2D eigenvalue weighted by molar-refractivity contribution is 5.97. The molecule has 3 aromatic carbocycles. The Morgan fingerprint density at radius 3 is 2.10 bits per heavy atom. The molecule has 0 saturated heterocycles. The van der Waals surface area contributed by atoms with E-state index in [1.54, 1.807) is 38.1 Å². The summed E-state index contributed by atoms with van der Waals surface area (Å²) in [5.41, 5.74) is 3.19. The van der Waals surface area contributed by atoms with Crippen LogP contribution in [-0.4, -0.2) is 47.1 Å². The Kier molecular flexibility index (Phi) is 9.18. The first-order chi connectivity index (χ1) is 19.0. The molecular weight excluding hydrogens is 498 g/mol. The van der Waals surface area contributed by atoms with E-state index in [1.807, 2.05) is 54.6 Å². The first-order valence-electron chi connectivity index (χ1n) is 12.7. The Morgan fingerprint density at radius 1 is 0.795 bits per heavy atom. The fourth-order valence-corrected chi connectivity index (χ4v) is 3.85. The predicted octanol–water partition coefficient (Wildman–Crippen LogP) is 5.09. The second kappa shape index (κ2) is 13.1. The number of amides is 1. The zero-order valence-electron chi connectivity index (χ0n) is 21.8. The van der Waals surface area contributed by atoms with E-state index >= 15 is 0 Å². The number of benzene rings is 3.